The van der Waals surface area contributed by atoms with Crippen LogP contribution in [0, 0.1) is 5.82 Å². The minimum absolute atomic E-state index is 0.169. The number of carbonyl (C=O) groups is 2. The summed E-state index contributed by atoms with van der Waals surface area (Å²) in [5, 5.41) is 6.41. The van der Waals surface area contributed by atoms with Crippen LogP contribution in [0.5, 0.6) is 0 Å². The van der Waals surface area contributed by atoms with E-state index >= 15 is 0 Å². The highest BCUT2D eigenvalue weighted by molar-refractivity contribution is 6.05. The third-order valence-corrected chi connectivity index (χ3v) is 6.08. The third-order valence-electron chi connectivity index (χ3n) is 6.08. The molecule has 0 saturated carbocycles. The average Bonchev–Trinajstić information content (AvgIpc) is 3.22. The van der Waals surface area contributed by atoms with E-state index < -0.39 is 5.82 Å². The van der Waals surface area contributed by atoms with E-state index in [9.17, 15) is 14.0 Å². The van der Waals surface area contributed by atoms with E-state index in [2.05, 4.69) is 25.5 Å². The number of hydrogen-bond acceptors (Lipinski definition) is 5. The topological polar surface area (TPSA) is 90.5 Å². The van der Waals surface area contributed by atoms with E-state index in [-0.39, 0.29) is 17.6 Å². The van der Waals surface area contributed by atoms with E-state index in [1.165, 1.54) is 12.1 Å². The van der Waals surface area contributed by atoms with Crippen molar-refractivity contribution in [1.29, 1.82) is 0 Å². The van der Waals surface area contributed by atoms with Crippen molar-refractivity contribution in [2.24, 2.45) is 0 Å². The second-order valence-electron chi connectivity index (χ2n) is 8.51. The minimum atomic E-state index is -0.462. The van der Waals surface area contributed by atoms with Crippen molar-refractivity contribution >= 4 is 40.0 Å². The Hall–Kier alpha value is -4.53. The summed E-state index contributed by atoms with van der Waals surface area (Å²) in [6, 6.07) is 18.9. The van der Waals surface area contributed by atoms with Crippen LogP contribution < -0.4 is 15.5 Å². The van der Waals surface area contributed by atoms with Crippen LogP contribution in [0.1, 0.15) is 30.6 Å². The lowest BCUT2D eigenvalue weighted by atomic mass is 10.1. The predicted molar refractivity (Wildman–Crippen MR) is 149 cm³/mol. The van der Waals surface area contributed by atoms with E-state index in [1.54, 1.807) is 29.4 Å². The molecule has 2 N–H and O–H groups in total. The first-order valence-electron chi connectivity index (χ1n) is 12.7. The number of aromatic nitrogens is 2. The van der Waals surface area contributed by atoms with E-state index in [4.69, 9.17) is 0 Å². The third kappa shape index (κ3) is 6.42. The number of pyridine rings is 2. The summed E-state index contributed by atoms with van der Waals surface area (Å²) < 4.78 is 13.9. The fourth-order valence-corrected chi connectivity index (χ4v) is 4.15. The lowest BCUT2D eigenvalue weighted by Gasteiger charge is -2.23. The molecular weight excluding hydrogens is 483 g/mol. The predicted octanol–water partition coefficient (Wildman–Crippen LogP) is 5.79. The molecule has 0 bridgehead atoms. The van der Waals surface area contributed by atoms with Gasteiger partial charge in [-0.3, -0.25) is 9.78 Å². The van der Waals surface area contributed by atoms with Crippen LogP contribution in [0.25, 0.3) is 10.9 Å². The van der Waals surface area contributed by atoms with E-state index in [0.29, 0.717) is 30.9 Å². The van der Waals surface area contributed by atoms with Gasteiger partial charge in [0.25, 0.3) is 5.91 Å². The first-order chi connectivity index (χ1) is 18.6. The SMILES string of the molecule is CC.O=C(Nc1ccc(N2CCCN(C(=O)Nc3ccccc3F)CC2)nc1)c1cnc2ccccc2c1. The second kappa shape index (κ2) is 12.6. The van der Waals surface area contributed by atoms with Crippen molar-refractivity contribution < 1.29 is 14.0 Å². The number of rotatable bonds is 4. The van der Waals surface area contributed by atoms with Crippen molar-refractivity contribution in [3.63, 3.8) is 0 Å². The molecule has 0 spiro atoms. The Morgan fingerprint density at radius 1 is 0.842 bits per heavy atom. The Bertz CT molecular complexity index is 1400. The van der Waals surface area contributed by atoms with Crippen molar-refractivity contribution in [3.05, 3.63) is 90.5 Å². The Labute approximate surface area is 221 Å². The number of hydrogen-bond donors (Lipinski definition) is 2. The largest absolute Gasteiger partial charge is 0.355 e. The first-order valence-corrected chi connectivity index (χ1v) is 12.7. The molecule has 8 nitrogen and oxygen atoms in total. The van der Waals surface area contributed by atoms with Gasteiger partial charge in [-0.15, -0.1) is 0 Å². The Balaban J connectivity index is 0.00000164. The van der Waals surface area contributed by atoms with Crippen LogP contribution in [-0.4, -0.2) is 53.0 Å². The van der Waals surface area contributed by atoms with Gasteiger partial charge >= 0.3 is 6.03 Å². The van der Waals surface area contributed by atoms with Gasteiger partial charge in [-0.1, -0.05) is 44.2 Å². The Morgan fingerprint density at radius 2 is 1.63 bits per heavy atom. The summed E-state index contributed by atoms with van der Waals surface area (Å²) in [6.07, 6.45) is 3.93. The zero-order valence-electron chi connectivity index (χ0n) is 21.5. The number of anilines is 3. The van der Waals surface area contributed by atoms with E-state index in [0.717, 1.165) is 29.7 Å². The zero-order valence-corrected chi connectivity index (χ0v) is 21.5. The van der Waals surface area contributed by atoms with Crippen LogP contribution in [0.3, 0.4) is 0 Å². The van der Waals surface area contributed by atoms with E-state index in [1.807, 2.05) is 56.3 Å². The Kier molecular flexibility index (Phi) is 8.81. The lowest BCUT2D eigenvalue weighted by molar-refractivity contribution is 0.102. The number of urea groups is 1. The lowest BCUT2D eigenvalue weighted by Crippen LogP contribution is -2.38. The Morgan fingerprint density at radius 3 is 2.42 bits per heavy atom. The molecule has 0 radical (unpaired) electrons. The number of fused-ring (bicyclic) bond motifs is 1. The molecule has 38 heavy (non-hydrogen) atoms. The van der Waals surface area contributed by atoms with Crippen molar-refractivity contribution in [2.45, 2.75) is 20.3 Å². The summed E-state index contributed by atoms with van der Waals surface area (Å²) in [5.41, 5.74) is 2.06. The molecule has 3 heterocycles. The summed E-state index contributed by atoms with van der Waals surface area (Å²) in [5.74, 6) is 0.0429. The molecule has 2 aromatic carbocycles. The molecule has 1 aliphatic heterocycles. The second-order valence-corrected chi connectivity index (χ2v) is 8.51. The number of benzene rings is 2. The highest BCUT2D eigenvalue weighted by Crippen LogP contribution is 2.19. The minimum Gasteiger partial charge on any atom is -0.355 e. The molecule has 1 fully saturated rings. The van der Waals surface area contributed by atoms with Crippen molar-refractivity contribution in [3.8, 4) is 0 Å². The molecule has 3 amide bonds. The van der Waals surface area contributed by atoms with Crippen LogP contribution in [0.2, 0.25) is 0 Å². The smallest absolute Gasteiger partial charge is 0.321 e. The molecule has 0 unspecified atom stereocenters. The van der Waals surface area contributed by atoms with Gasteiger partial charge in [0.05, 0.1) is 28.7 Å². The molecule has 196 valence electrons. The van der Waals surface area contributed by atoms with Gasteiger partial charge < -0.3 is 20.4 Å². The highest BCUT2D eigenvalue weighted by atomic mass is 19.1. The average molecular weight is 515 g/mol. The van der Waals surface area contributed by atoms with Gasteiger partial charge in [-0.25, -0.2) is 14.2 Å². The van der Waals surface area contributed by atoms with Crippen molar-refractivity contribution in [2.75, 3.05) is 41.7 Å². The fraction of sp³-hybridized carbons (Fsp3) is 0.241. The standard InChI is InChI=1S/C27H25FN6O2.C2H6/c28-22-7-2-4-9-24(22)32-27(36)34-13-5-12-33(14-15-34)25-11-10-21(18-30-25)31-26(35)20-16-19-6-1-3-8-23(19)29-17-20;1-2/h1-4,6-11,16-18H,5,12-15H2,(H,31,35)(H,32,36);1-2H3. The molecule has 0 aliphatic carbocycles. The molecule has 5 rings (SSSR count). The number of carbonyl (C=O) groups excluding carboxylic acids is 2. The molecule has 0 atom stereocenters. The molecule has 9 heteroatoms. The molecule has 4 aromatic rings. The summed E-state index contributed by atoms with van der Waals surface area (Å²) in [7, 11) is 0. The number of para-hydroxylation sites is 2. The quantitative estimate of drug-likeness (QED) is 0.360. The van der Waals surface area contributed by atoms with Crippen LogP contribution >= 0.6 is 0 Å². The maximum atomic E-state index is 13.9. The van der Waals surface area contributed by atoms with Crippen LogP contribution in [0.15, 0.2) is 79.1 Å². The van der Waals surface area contributed by atoms with Gasteiger partial charge in [0.2, 0.25) is 0 Å². The maximum Gasteiger partial charge on any atom is 0.321 e. The number of halogens is 1. The van der Waals surface area contributed by atoms with Crippen LogP contribution in [-0.2, 0) is 0 Å². The molecule has 2 aromatic heterocycles. The van der Waals surface area contributed by atoms with Gasteiger partial charge in [-0.2, -0.15) is 0 Å². The number of nitrogens with one attached hydrogen (secondary N) is 2. The van der Waals surface area contributed by atoms with Gasteiger partial charge in [0.1, 0.15) is 11.6 Å². The number of nitrogens with zero attached hydrogens (tertiary/aromatic N) is 4. The molecule has 1 saturated heterocycles. The summed E-state index contributed by atoms with van der Waals surface area (Å²) >= 11 is 0. The van der Waals surface area contributed by atoms with Gasteiger partial charge in [0, 0.05) is 37.8 Å². The summed E-state index contributed by atoms with van der Waals surface area (Å²) in [6.45, 7) is 6.36. The molecular formula is C29H31FN6O2. The van der Waals surface area contributed by atoms with Crippen molar-refractivity contribution in [1.82, 2.24) is 14.9 Å². The zero-order chi connectivity index (χ0) is 26.9. The fourth-order valence-electron chi connectivity index (χ4n) is 4.15. The maximum absolute atomic E-state index is 13.9. The number of amides is 3. The van der Waals surface area contributed by atoms with Crippen LogP contribution in [0.4, 0.5) is 26.4 Å². The van der Waals surface area contributed by atoms with Gasteiger partial charge in [-0.05, 0) is 42.8 Å². The normalized spacial score (nSPS) is 13.2. The summed E-state index contributed by atoms with van der Waals surface area (Å²) in [4.78, 5) is 37.9. The van der Waals surface area contributed by atoms with Gasteiger partial charge in [0.15, 0.2) is 0 Å². The molecule has 1 aliphatic rings. The highest BCUT2D eigenvalue weighted by Gasteiger charge is 2.21. The first kappa shape index (κ1) is 26.5. The monoisotopic (exact) mass is 514 g/mol.